The van der Waals surface area contributed by atoms with Crippen molar-refractivity contribution in [3.05, 3.63) is 162 Å². The van der Waals surface area contributed by atoms with Crippen molar-refractivity contribution >= 4 is 59.0 Å². The third-order valence-electron chi connectivity index (χ3n) is 11.2. The second-order valence-electron chi connectivity index (χ2n) is 15.2. The average molecular weight is 789 g/mol. The van der Waals surface area contributed by atoms with Gasteiger partial charge in [-0.3, -0.25) is 0 Å². The molecule has 6 heteroatoms. The van der Waals surface area contributed by atoms with Gasteiger partial charge in [0, 0.05) is 44.3 Å². The number of aromatic nitrogens is 4. The molecule has 2 aliphatic rings. The molecule has 292 valence electrons. The Labute approximate surface area is 352 Å². The van der Waals surface area contributed by atoms with Gasteiger partial charge in [0.15, 0.2) is 0 Å². The molecule has 0 aliphatic carbocycles. The fourth-order valence-electron chi connectivity index (χ4n) is 8.24. The minimum absolute atomic E-state index is 0.721. The highest BCUT2D eigenvalue weighted by Gasteiger charge is 2.19. The highest BCUT2D eigenvalue weighted by Crippen LogP contribution is 2.38. The zero-order valence-corrected chi connectivity index (χ0v) is 34.1. The first-order valence-electron chi connectivity index (χ1n) is 20.9. The van der Waals surface area contributed by atoms with E-state index >= 15 is 0 Å². The number of nitrogens with one attached hydrogen (secondary N) is 2. The smallest absolute Gasteiger partial charge is 0.119 e. The summed E-state index contributed by atoms with van der Waals surface area (Å²) in [6.45, 7) is 0.721. The summed E-state index contributed by atoms with van der Waals surface area (Å²) < 4.78 is 6.24. The molecular weight excluding hydrogens is 741 g/mol. The Kier molecular flexibility index (Phi) is 11.7. The Morgan fingerprint density at radius 1 is 0.373 bits per heavy atom. The van der Waals surface area contributed by atoms with Crippen LogP contribution in [0.15, 0.2) is 140 Å². The van der Waals surface area contributed by atoms with Crippen molar-refractivity contribution in [1.82, 2.24) is 19.9 Å². The van der Waals surface area contributed by atoms with E-state index in [0.717, 1.165) is 114 Å². The summed E-state index contributed by atoms with van der Waals surface area (Å²) in [4.78, 5) is 18.5. The van der Waals surface area contributed by atoms with E-state index in [1.165, 1.54) is 38.5 Å². The number of hydrogen-bond acceptors (Lipinski definition) is 4. The number of nitrogens with zero attached hydrogens (tertiary/aromatic N) is 2. The summed E-state index contributed by atoms with van der Waals surface area (Å²) in [6.07, 6.45) is 17.2. The van der Waals surface area contributed by atoms with Gasteiger partial charge in [-0.25, -0.2) is 9.97 Å². The molecule has 0 amide bonds. The number of fused-ring (bicyclic) bond motifs is 8. The number of aromatic amines is 2. The van der Waals surface area contributed by atoms with Gasteiger partial charge in [-0.1, -0.05) is 135 Å². The van der Waals surface area contributed by atoms with Gasteiger partial charge in [0.2, 0.25) is 0 Å². The van der Waals surface area contributed by atoms with Gasteiger partial charge >= 0.3 is 0 Å². The summed E-state index contributed by atoms with van der Waals surface area (Å²) in [5.41, 5.74) is 15.9. The monoisotopic (exact) mass is 788 g/mol. The van der Waals surface area contributed by atoms with Gasteiger partial charge in [-0.15, -0.1) is 0 Å². The van der Waals surface area contributed by atoms with Crippen molar-refractivity contribution in [2.24, 2.45) is 0 Å². The van der Waals surface area contributed by atoms with Crippen LogP contribution in [0.3, 0.4) is 0 Å². The van der Waals surface area contributed by atoms with Crippen LogP contribution in [-0.4, -0.2) is 32.3 Å². The summed E-state index contributed by atoms with van der Waals surface area (Å²) >= 11 is 4.33. The Hall–Kier alpha value is -6.37. The number of rotatable bonds is 14. The number of thiol groups is 1. The van der Waals surface area contributed by atoms with E-state index < -0.39 is 0 Å². The highest BCUT2D eigenvalue weighted by molar-refractivity contribution is 7.80. The first kappa shape index (κ1) is 38.2. The molecule has 0 fully saturated rings. The summed E-state index contributed by atoms with van der Waals surface area (Å²) in [5, 5.41) is 0. The van der Waals surface area contributed by atoms with Crippen LogP contribution in [0.2, 0.25) is 0 Å². The fraction of sp³-hybridized carbons (Fsp3) is 0.170. The molecule has 8 bridgehead atoms. The summed E-state index contributed by atoms with van der Waals surface area (Å²) in [5.74, 6) is 1.87. The average Bonchev–Trinajstić information content (AvgIpc) is 4.13. The number of unbranched alkanes of at least 4 members (excludes halogenated alkanes) is 6. The van der Waals surface area contributed by atoms with Crippen LogP contribution in [-0.2, 0) is 0 Å². The van der Waals surface area contributed by atoms with Gasteiger partial charge in [-0.2, -0.15) is 12.6 Å². The Bertz CT molecular complexity index is 2730. The standard InChI is InChI=1S/C53H48N4OS/c59-36-16-5-3-1-2-4-15-35-58-41-25-23-40(24-26-41)53-48-33-31-46(56-48)51(38-19-11-7-12-20-38)44-29-27-42(54-44)50(37-17-9-6-10-18-37)43-28-30-45(55-43)52(39-21-13-8-14-22-39)47-32-34-49(53)57-47/h6-14,17-34,54,57,59H,1-5,15-16,35-36H2. The van der Waals surface area contributed by atoms with E-state index in [1.54, 1.807) is 0 Å². The number of hydrogen-bond donors (Lipinski definition) is 3. The second-order valence-corrected chi connectivity index (χ2v) is 15.6. The van der Waals surface area contributed by atoms with Crippen molar-refractivity contribution in [2.45, 2.75) is 44.9 Å². The van der Waals surface area contributed by atoms with Crippen LogP contribution in [0.1, 0.15) is 67.7 Å². The molecule has 2 N–H and O–H groups in total. The molecule has 0 saturated carbocycles. The molecule has 0 radical (unpaired) electrons. The first-order chi connectivity index (χ1) is 29.2. The topological polar surface area (TPSA) is 66.6 Å². The van der Waals surface area contributed by atoms with E-state index in [2.05, 4.69) is 186 Å². The quantitative estimate of drug-likeness (QED) is 0.0759. The molecule has 0 unspecified atom stereocenters. The zero-order chi connectivity index (χ0) is 39.8. The molecule has 7 aromatic rings. The largest absolute Gasteiger partial charge is 0.494 e. The van der Waals surface area contributed by atoms with Gasteiger partial charge < -0.3 is 14.7 Å². The lowest BCUT2D eigenvalue weighted by Crippen LogP contribution is -1.97. The Morgan fingerprint density at radius 3 is 1.08 bits per heavy atom. The van der Waals surface area contributed by atoms with Crippen molar-refractivity contribution in [1.29, 1.82) is 0 Å². The maximum atomic E-state index is 6.24. The van der Waals surface area contributed by atoms with E-state index in [1.807, 2.05) is 0 Å². The van der Waals surface area contributed by atoms with Crippen LogP contribution in [0.4, 0.5) is 0 Å². The van der Waals surface area contributed by atoms with Crippen molar-refractivity contribution < 1.29 is 4.74 Å². The fourth-order valence-corrected chi connectivity index (χ4v) is 8.46. The SMILES string of the molecule is SCCCCCCCCCOc1ccc(-c2c3nc(c(-c4ccccc4)c4ccc([nH]4)c(-c4ccccc4)c4nc(c(-c5ccccc5)c5ccc2[nH]5)C=C4)C=C3)cc1. The second kappa shape index (κ2) is 18.0. The van der Waals surface area contributed by atoms with Crippen LogP contribution in [0.25, 0.3) is 90.9 Å². The zero-order valence-electron chi connectivity index (χ0n) is 33.2. The predicted molar refractivity (Wildman–Crippen MR) is 252 cm³/mol. The molecule has 5 nitrogen and oxygen atoms in total. The molecule has 4 aromatic carbocycles. The molecule has 0 atom stereocenters. The van der Waals surface area contributed by atoms with Gasteiger partial charge in [0.25, 0.3) is 0 Å². The lowest BCUT2D eigenvalue weighted by Gasteiger charge is -2.09. The number of benzene rings is 4. The Balaban J connectivity index is 1.22. The lowest BCUT2D eigenvalue weighted by atomic mass is 10.0. The van der Waals surface area contributed by atoms with Crippen molar-refractivity contribution in [2.75, 3.05) is 12.4 Å². The van der Waals surface area contributed by atoms with E-state index in [-0.39, 0.29) is 0 Å². The minimum atomic E-state index is 0.721. The molecule has 59 heavy (non-hydrogen) atoms. The van der Waals surface area contributed by atoms with Gasteiger partial charge in [0.1, 0.15) is 5.75 Å². The normalized spacial score (nSPS) is 11.9. The predicted octanol–water partition coefficient (Wildman–Crippen LogP) is 14.4. The van der Waals surface area contributed by atoms with E-state index in [0.29, 0.717) is 0 Å². The van der Waals surface area contributed by atoms with Gasteiger partial charge in [0.05, 0.1) is 29.4 Å². The highest BCUT2D eigenvalue weighted by atomic mass is 32.1. The van der Waals surface area contributed by atoms with Crippen molar-refractivity contribution in [3.8, 4) is 50.3 Å². The number of H-pyrrole nitrogens is 2. The maximum Gasteiger partial charge on any atom is 0.119 e. The summed E-state index contributed by atoms with van der Waals surface area (Å²) in [7, 11) is 0. The third-order valence-corrected chi connectivity index (χ3v) is 11.5. The third kappa shape index (κ3) is 8.46. The van der Waals surface area contributed by atoms with Crippen LogP contribution in [0.5, 0.6) is 5.75 Å². The summed E-state index contributed by atoms with van der Waals surface area (Å²) in [6, 6.07) is 48.8. The van der Waals surface area contributed by atoms with Crippen LogP contribution in [0, 0.1) is 0 Å². The first-order valence-corrected chi connectivity index (χ1v) is 21.5. The van der Waals surface area contributed by atoms with Crippen LogP contribution < -0.4 is 4.74 Å². The lowest BCUT2D eigenvalue weighted by molar-refractivity contribution is 0.304. The molecule has 0 saturated heterocycles. The molecule has 0 spiro atoms. The molecule has 2 aliphatic heterocycles. The minimum Gasteiger partial charge on any atom is -0.494 e. The van der Waals surface area contributed by atoms with Crippen molar-refractivity contribution in [3.63, 3.8) is 0 Å². The maximum absolute atomic E-state index is 6.24. The van der Waals surface area contributed by atoms with Crippen LogP contribution >= 0.6 is 12.6 Å². The number of ether oxygens (including phenoxy) is 1. The van der Waals surface area contributed by atoms with E-state index in [4.69, 9.17) is 14.7 Å². The van der Waals surface area contributed by atoms with E-state index in [9.17, 15) is 0 Å². The molecule has 5 heterocycles. The van der Waals surface area contributed by atoms with Gasteiger partial charge in [-0.05, 0) is 102 Å². The molecule has 3 aromatic heterocycles. The Morgan fingerprint density at radius 2 is 0.712 bits per heavy atom. The molecular formula is C53H48N4OS. The molecule has 9 rings (SSSR count).